The van der Waals surface area contributed by atoms with Gasteiger partial charge in [0.25, 0.3) is 0 Å². The molecule has 1 radical (unpaired) electrons. The van der Waals surface area contributed by atoms with Crippen LogP contribution in [0.5, 0.6) is 0 Å². The fourth-order valence-electron chi connectivity index (χ4n) is 1.22. The Kier molecular flexibility index (Phi) is 3.24. The summed E-state index contributed by atoms with van der Waals surface area (Å²) in [4.78, 5) is 11.6. The quantitative estimate of drug-likeness (QED) is 0.657. The molecular weight excluding hydrogens is 180 g/mol. The van der Waals surface area contributed by atoms with Crippen molar-refractivity contribution in [3.63, 3.8) is 0 Å². The van der Waals surface area contributed by atoms with Crippen LogP contribution < -0.4 is 5.01 Å². The van der Waals surface area contributed by atoms with Gasteiger partial charge in [0, 0.05) is 33.6 Å². The van der Waals surface area contributed by atoms with Crippen molar-refractivity contribution in [3.8, 4) is 0 Å². The van der Waals surface area contributed by atoms with Crippen molar-refractivity contribution in [1.29, 1.82) is 0 Å². The Hall–Kier alpha value is -1.36. The molecule has 77 valence electrons. The molecule has 0 unspecified atom stereocenters. The van der Waals surface area contributed by atoms with Crippen LogP contribution in [-0.4, -0.2) is 34.8 Å². The van der Waals surface area contributed by atoms with Crippen molar-refractivity contribution in [3.05, 3.63) is 12.3 Å². The summed E-state index contributed by atoms with van der Waals surface area (Å²) in [6, 6.07) is 1.69. The first kappa shape index (κ1) is 10.7. The number of aromatic nitrogens is 2. The summed E-state index contributed by atoms with van der Waals surface area (Å²) in [5.74, 6) is 0.758. The summed E-state index contributed by atoms with van der Waals surface area (Å²) in [5, 5.41) is 7.21. The predicted molar refractivity (Wildman–Crippen MR) is 53.5 cm³/mol. The van der Waals surface area contributed by atoms with E-state index in [1.807, 2.05) is 21.0 Å². The van der Waals surface area contributed by atoms with E-state index in [0.717, 1.165) is 5.82 Å². The normalized spacial score (nSPS) is 10.6. The first-order valence-corrected chi connectivity index (χ1v) is 4.48. The van der Waals surface area contributed by atoms with E-state index in [1.54, 1.807) is 27.8 Å². The van der Waals surface area contributed by atoms with Crippen molar-refractivity contribution >= 4 is 11.7 Å². The van der Waals surface area contributed by atoms with Crippen LogP contribution in [0.2, 0.25) is 0 Å². The zero-order valence-corrected chi connectivity index (χ0v) is 8.98. The largest absolute Gasteiger partial charge is 0.273 e. The van der Waals surface area contributed by atoms with Crippen LogP contribution in [0.3, 0.4) is 0 Å². The van der Waals surface area contributed by atoms with Crippen LogP contribution in [0.1, 0.15) is 13.3 Å². The Labute approximate surface area is 83.9 Å². The number of rotatable bonds is 3. The van der Waals surface area contributed by atoms with Gasteiger partial charge in [0.2, 0.25) is 5.91 Å². The number of amides is 1. The number of hydrogen-bond donors (Lipinski definition) is 0. The van der Waals surface area contributed by atoms with Gasteiger partial charge in [-0.3, -0.25) is 9.48 Å². The summed E-state index contributed by atoms with van der Waals surface area (Å²) >= 11 is 0. The highest BCUT2D eigenvalue weighted by Crippen LogP contribution is 2.13. The third kappa shape index (κ3) is 1.93. The van der Waals surface area contributed by atoms with Crippen molar-refractivity contribution in [2.45, 2.75) is 13.3 Å². The molecule has 1 heterocycles. The molecule has 0 spiro atoms. The van der Waals surface area contributed by atoms with Gasteiger partial charge < -0.3 is 0 Å². The SMILES string of the molecule is CCC(=O)N(c1c[c]nn1C)N(C)C. The Balaban J connectivity index is 3.00. The summed E-state index contributed by atoms with van der Waals surface area (Å²) < 4.78 is 1.62. The molecule has 0 fully saturated rings. The molecular formula is C9H15N4O. The van der Waals surface area contributed by atoms with Gasteiger partial charge in [-0.2, -0.15) is 5.10 Å². The molecule has 0 atom stereocenters. The summed E-state index contributed by atoms with van der Waals surface area (Å²) in [5.41, 5.74) is 0. The number of hydrogen-bond acceptors (Lipinski definition) is 3. The minimum Gasteiger partial charge on any atom is -0.273 e. The molecule has 5 nitrogen and oxygen atoms in total. The predicted octanol–water partition coefficient (Wildman–Crippen LogP) is 0.440. The number of carbonyl (C=O) groups excluding carboxylic acids is 1. The third-order valence-electron chi connectivity index (χ3n) is 1.89. The van der Waals surface area contributed by atoms with Crippen LogP contribution in [0, 0.1) is 6.20 Å². The summed E-state index contributed by atoms with van der Waals surface area (Å²) in [6.07, 6.45) is 3.17. The molecule has 0 N–H and O–H groups in total. The smallest absolute Gasteiger partial charge is 0.242 e. The lowest BCUT2D eigenvalue weighted by molar-refractivity contribution is -0.120. The molecule has 14 heavy (non-hydrogen) atoms. The highest BCUT2D eigenvalue weighted by molar-refractivity contribution is 5.91. The van der Waals surface area contributed by atoms with Crippen molar-refractivity contribution in [2.24, 2.45) is 7.05 Å². The van der Waals surface area contributed by atoms with Crippen LogP contribution in [0.4, 0.5) is 5.82 Å². The number of hydrazine groups is 1. The third-order valence-corrected chi connectivity index (χ3v) is 1.89. The number of aryl methyl sites for hydroxylation is 1. The topological polar surface area (TPSA) is 41.4 Å². The van der Waals surface area contributed by atoms with E-state index in [1.165, 1.54) is 0 Å². The average Bonchev–Trinajstić information content (AvgIpc) is 2.52. The molecule has 1 aromatic rings. The standard InChI is InChI=1S/C9H15N4O/c1-5-9(14)13(11(2)3)8-6-7-10-12(8)4/h6H,5H2,1-4H3. The lowest BCUT2D eigenvalue weighted by Crippen LogP contribution is -2.42. The van der Waals surface area contributed by atoms with Crippen molar-refractivity contribution in [1.82, 2.24) is 14.8 Å². The molecule has 0 saturated carbocycles. The highest BCUT2D eigenvalue weighted by Gasteiger charge is 2.18. The second-order valence-corrected chi connectivity index (χ2v) is 3.16. The fourth-order valence-corrected chi connectivity index (χ4v) is 1.22. The minimum absolute atomic E-state index is 0.0343. The van der Waals surface area contributed by atoms with Gasteiger partial charge in [0.15, 0.2) is 0 Å². The van der Waals surface area contributed by atoms with Gasteiger partial charge in [0.05, 0.1) is 0 Å². The Morgan fingerprint density at radius 3 is 2.64 bits per heavy atom. The molecule has 0 aliphatic rings. The summed E-state index contributed by atoms with van der Waals surface area (Å²) in [7, 11) is 5.42. The monoisotopic (exact) mass is 195 g/mol. The lowest BCUT2D eigenvalue weighted by Gasteiger charge is -2.27. The molecule has 1 rings (SSSR count). The van der Waals surface area contributed by atoms with Gasteiger partial charge in [-0.15, -0.1) is 0 Å². The maximum atomic E-state index is 11.6. The molecule has 0 aliphatic heterocycles. The van der Waals surface area contributed by atoms with Crippen LogP contribution in [-0.2, 0) is 11.8 Å². The van der Waals surface area contributed by atoms with E-state index in [-0.39, 0.29) is 5.91 Å². The van der Waals surface area contributed by atoms with Gasteiger partial charge in [-0.05, 0) is 0 Å². The Bertz CT molecular complexity index is 318. The van der Waals surface area contributed by atoms with E-state index in [9.17, 15) is 4.79 Å². The number of nitrogens with zero attached hydrogens (tertiary/aromatic N) is 4. The molecule has 1 aromatic heterocycles. The van der Waals surface area contributed by atoms with E-state index in [4.69, 9.17) is 0 Å². The first-order chi connectivity index (χ1) is 6.57. The molecule has 1 amide bonds. The van der Waals surface area contributed by atoms with Crippen molar-refractivity contribution in [2.75, 3.05) is 19.1 Å². The van der Waals surface area contributed by atoms with Gasteiger partial charge >= 0.3 is 0 Å². The van der Waals surface area contributed by atoms with Crippen LogP contribution >= 0.6 is 0 Å². The van der Waals surface area contributed by atoms with E-state index < -0.39 is 0 Å². The summed E-state index contributed by atoms with van der Waals surface area (Å²) in [6.45, 7) is 1.83. The Morgan fingerprint density at radius 2 is 2.29 bits per heavy atom. The number of carbonyl (C=O) groups is 1. The van der Waals surface area contributed by atoms with Crippen molar-refractivity contribution < 1.29 is 4.79 Å². The Morgan fingerprint density at radius 1 is 1.64 bits per heavy atom. The second-order valence-electron chi connectivity index (χ2n) is 3.16. The van der Waals surface area contributed by atoms with E-state index >= 15 is 0 Å². The second kappa shape index (κ2) is 4.23. The number of anilines is 1. The maximum Gasteiger partial charge on any atom is 0.242 e. The molecule has 0 aromatic carbocycles. The molecule has 5 heteroatoms. The van der Waals surface area contributed by atoms with E-state index in [2.05, 4.69) is 11.3 Å². The molecule has 0 aliphatic carbocycles. The maximum absolute atomic E-state index is 11.6. The molecule has 0 bridgehead atoms. The lowest BCUT2D eigenvalue weighted by atomic mass is 10.4. The van der Waals surface area contributed by atoms with Gasteiger partial charge in [0.1, 0.15) is 12.0 Å². The zero-order chi connectivity index (χ0) is 10.7. The minimum atomic E-state index is 0.0343. The van der Waals surface area contributed by atoms with Crippen LogP contribution in [0.25, 0.3) is 0 Å². The average molecular weight is 195 g/mol. The van der Waals surface area contributed by atoms with E-state index in [0.29, 0.717) is 6.42 Å². The fraction of sp³-hybridized carbons (Fsp3) is 0.556. The van der Waals surface area contributed by atoms with Gasteiger partial charge in [-0.1, -0.05) is 6.92 Å². The van der Waals surface area contributed by atoms with Crippen LogP contribution in [0.15, 0.2) is 6.07 Å². The highest BCUT2D eigenvalue weighted by atomic mass is 16.2. The first-order valence-electron chi connectivity index (χ1n) is 4.48. The molecule has 0 saturated heterocycles. The zero-order valence-electron chi connectivity index (χ0n) is 8.98. The van der Waals surface area contributed by atoms with Gasteiger partial charge in [-0.25, -0.2) is 10.0 Å².